The first-order valence-electron chi connectivity index (χ1n) is 9.63. The van der Waals surface area contributed by atoms with Gasteiger partial charge in [-0.05, 0) is 70.8 Å². The molecule has 5 rings (SSSR count). The third-order valence-corrected chi connectivity index (χ3v) is 5.48. The van der Waals surface area contributed by atoms with Gasteiger partial charge < -0.3 is 10.2 Å². The van der Waals surface area contributed by atoms with Crippen LogP contribution < -0.4 is 0 Å². The Morgan fingerprint density at radius 1 is 0.742 bits per heavy atom. The van der Waals surface area contributed by atoms with E-state index < -0.39 is 11.7 Å². The Labute approximate surface area is 176 Å². The molecule has 0 radical (unpaired) electrons. The predicted octanol–water partition coefficient (Wildman–Crippen LogP) is 6.42. The average Bonchev–Trinajstić information content (AvgIpc) is 3.10. The molecule has 154 valence electrons. The molecule has 3 aromatic carbocycles. The van der Waals surface area contributed by atoms with Crippen LogP contribution in [-0.2, 0) is 12.6 Å². The summed E-state index contributed by atoms with van der Waals surface area (Å²) in [6.45, 7) is 0. The largest absolute Gasteiger partial charge is 0.508 e. The van der Waals surface area contributed by atoms with E-state index in [1.54, 1.807) is 48.5 Å². The van der Waals surface area contributed by atoms with Gasteiger partial charge in [-0.1, -0.05) is 24.3 Å². The first-order valence-corrected chi connectivity index (χ1v) is 9.63. The molecule has 1 aliphatic rings. The highest BCUT2D eigenvalue weighted by atomic mass is 19.4. The van der Waals surface area contributed by atoms with Crippen molar-refractivity contribution in [2.24, 2.45) is 0 Å². The molecule has 1 aliphatic carbocycles. The lowest BCUT2D eigenvalue weighted by atomic mass is 9.95. The Kier molecular flexibility index (Phi) is 4.25. The first kappa shape index (κ1) is 19.2. The van der Waals surface area contributed by atoms with Crippen molar-refractivity contribution in [1.82, 2.24) is 4.98 Å². The van der Waals surface area contributed by atoms with Gasteiger partial charge in [0.1, 0.15) is 11.5 Å². The van der Waals surface area contributed by atoms with Gasteiger partial charge in [0.15, 0.2) is 0 Å². The average molecular weight is 419 g/mol. The number of phenols is 2. The minimum Gasteiger partial charge on any atom is -0.508 e. The number of fused-ring (bicyclic) bond motifs is 3. The van der Waals surface area contributed by atoms with Crippen LogP contribution in [0.15, 0.2) is 72.8 Å². The Bertz CT molecular complexity index is 1330. The number of nitrogens with zero attached hydrogens (tertiary/aromatic N) is 1. The second kappa shape index (κ2) is 6.87. The monoisotopic (exact) mass is 419 g/mol. The van der Waals surface area contributed by atoms with E-state index in [0.717, 1.165) is 39.9 Å². The third-order valence-electron chi connectivity index (χ3n) is 5.48. The van der Waals surface area contributed by atoms with Crippen LogP contribution in [0.2, 0.25) is 0 Å². The van der Waals surface area contributed by atoms with Gasteiger partial charge in [0.25, 0.3) is 0 Å². The minimum atomic E-state index is -4.45. The second-order valence-electron chi connectivity index (χ2n) is 7.53. The lowest BCUT2D eigenvalue weighted by Crippen LogP contribution is -2.04. The zero-order chi connectivity index (χ0) is 21.8. The summed E-state index contributed by atoms with van der Waals surface area (Å²) in [5.41, 5.74) is 4.85. The van der Waals surface area contributed by atoms with Gasteiger partial charge in [-0.15, -0.1) is 0 Å². The summed E-state index contributed by atoms with van der Waals surface area (Å²) >= 11 is 0. The Balaban J connectivity index is 1.76. The number of aromatic nitrogens is 1. The van der Waals surface area contributed by atoms with E-state index in [1.807, 2.05) is 6.07 Å². The third kappa shape index (κ3) is 3.40. The van der Waals surface area contributed by atoms with Crippen LogP contribution in [0.1, 0.15) is 16.7 Å². The number of phenolic OH excluding ortho intramolecular Hbond substituents is 2. The topological polar surface area (TPSA) is 53.4 Å². The highest BCUT2D eigenvalue weighted by molar-refractivity contribution is 5.86. The zero-order valence-electron chi connectivity index (χ0n) is 16.1. The molecule has 0 fully saturated rings. The molecule has 0 atom stereocenters. The fraction of sp³-hybridized carbons (Fsp3) is 0.0800. The van der Waals surface area contributed by atoms with Crippen LogP contribution >= 0.6 is 0 Å². The van der Waals surface area contributed by atoms with Gasteiger partial charge in [-0.25, -0.2) is 4.98 Å². The van der Waals surface area contributed by atoms with Crippen molar-refractivity contribution in [3.8, 4) is 45.1 Å². The molecular formula is C25H16F3NO2. The van der Waals surface area contributed by atoms with Crippen LogP contribution in [0.4, 0.5) is 13.2 Å². The van der Waals surface area contributed by atoms with Crippen molar-refractivity contribution in [1.29, 1.82) is 0 Å². The molecule has 2 N–H and O–H groups in total. The van der Waals surface area contributed by atoms with Crippen molar-refractivity contribution in [2.75, 3.05) is 0 Å². The van der Waals surface area contributed by atoms with Gasteiger partial charge in [0, 0.05) is 17.5 Å². The number of benzene rings is 3. The quantitative estimate of drug-likeness (QED) is 0.347. The molecule has 0 saturated carbocycles. The lowest BCUT2D eigenvalue weighted by molar-refractivity contribution is -0.137. The maximum absolute atomic E-state index is 13.3. The number of hydrogen-bond donors (Lipinski definition) is 2. The Morgan fingerprint density at radius 2 is 1.48 bits per heavy atom. The molecule has 0 bridgehead atoms. The molecule has 1 heterocycles. The SMILES string of the molecule is Oc1cccc(-c2cc(-c3cccc(C(F)(F)F)c3)nc3c2Cc2cc(O)ccc2-3)c1. The lowest BCUT2D eigenvalue weighted by Gasteiger charge is -2.14. The zero-order valence-corrected chi connectivity index (χ0v) is 16.1. The first-order chi connectivity index (χ1) is 14.8. The molecule has 0 amide bonds. The molecule has 0 spiro atoms. The van der Waals surface area contributed by atoms with Crippen molar-refractivity contribution < 1.29 is 23.4 Å². The Morgan fingerprint density at radius 3 is 2.26 bits per heavy atom. The van der Waals surface area contributed by atoms with Gasteiger partial charge in [0.2, 0.25) is 0 Å². The standard InChI is InChI=1S/C25H16F3NO2/c26-25(27,28)17-5-1-4-15(9-17)23-13-21(14-3-2-6-18(30)10-14)22-12-16-11-19(31)7-8-20(16)24(22)29-23/h1-11,13,30-31H,12H2. The number of pyridine rings is 1. The van der Waals surface area contributed by atoms with Gasteiger partial charge in [-0.3, -0.25) is 0 Å². The van der Waals surface area contributed by atoms with Crippen LogP contribution in [0.25, 0.3) is 33.6 Å². The van der Waals surface area contributed by atoms with E-state index in [0.29, 0.717) is 23.4 Å². The molecule has 3 nitrogen and oxygen atoms in total. The number of rotatable bonds is 2. The van der Waals surface area contributed by atoms with Crippen molar-refractivity contribution in [3.63, 3.8) is 0 Å². The van der Waals surface area contributed by atoms with Crippen molar-refractivity contribution >= 4 is 0 Å². The fourth-order valence-corrected chi connectivity index (χ4v) is 4.05. The van der Waals surface area contributed by atoms with E-state index in [-0.39, 0.29) is 11.5 Å². The molecule has 0 saturated heterocycles. The van der Waals surface area contributed by atoms with Crippen molar-refractivity contribution in [2.45, 2.75) is 12.6 Å². The van der Waals surface area contributed by atoms with E-state index in [1.165, 1.54) is 6.07 Å². The van der Waals surface area contributed by atoms with Crippen molar-refractivity contribution in [3.05, 3.63) is 89.5 Å². The molecule has 4 aromatic rings. The molecule has 31 heavy (non-hydrogen) atoms. The highest BCUT2D eigenvalue weighted by Crippen LogP contribution is 2.44. The minimum absolute atomic E-state index is 0.0943. The second-order valence-corrected chi connectivity index (χ2v) is 7.53. The summed E-state index contributed by atoms with van der Waals surface area (Å²) in [6, 6.07) is 18.6. The molecule has 1 aromatic heterocycles. The number of aromatic hydroxyl groups is 2. The molecule has 0 aliphatic heterocycles. The fourth-order valence-electron chi connectivity index (χ4n) is 4.05. The van der Waals surface area contributed by atoms with Gasteiger partial charge in [-0.2, -0.15) is 13.2 Å². The summed E-state index contributed by atoms with van der Waals surface area (Å²) < 4.78 is 39.8. The predicted molar refractivity (Wildman–Crippen MR) is 112 cm³/mol. The molecule has 0 unspecified atom stereocenters. The summed E-state index contributed by atoms with van der Waals surface area (Å²) in [5, 5.41) is 19.8. The summed E-state index contributed by atoms with van der Waals surface area (Å²) in [7, 11) is 0. The Hall–Kier alpha value is -3.80. The summed E-state index contributed by atoms with van der Waals surface area (Å²) in [5.74, 6) is 0.236. The summed E-state index contributed by atoms with van der Waals surface area (Å²) in [6.07, 6.45) is -3.93. The van der Waals surface area contributed by atoms with Gasteiger partial charge >= 0.3 is 6.18 Å². The number of hydrogen-bond acceptors (Lipinski definition) is 3. The van der Waals surface area contributed by atoms with E-state index in [2.05, 4.69) is 0 Å². The van der Waals surface area contributed by atoms with Crippen LogP contribution in [0.3, 0.4) is 0 Å². The van der Waals surface area contributed by atoms with Crippen LogP contribution in [-0.4, -0.2) is 15.2 Å². The van der Waals surface area contributed by atoms with E-state index in [9.17, 15) is 23.4 Å². The molecule has 6 heteroatoms. The van der Waals surface area contributed by atoms with E-state index >= 15 is 0 Å². The number of halogens is 3. The smallest absolute Gasteiger partial charge is 0.416 e. The normalized spacial score (nSPS) is 12.5. The van der Waals surface area contributed by atoms with Crippen LogP contribution in [0, 0.1) is 0 Å². The van der Waals surface area contributed by atoms with E-state index in [4.69, 9.17) is 4.98 Å². The highest BCUT2D eigenvalue weighted by Gasteiger charge is 2.31. The maximum atomic E-state index is 13.3. The number of alkyl halides is 3. The molecular weight excluding hydrogens is 403 g/mol. The van der Waals surface area contributed by atoms with Gasteiger partial charge in [0.05, 0.1) is 17.0 Å². The summed E-state index contributed by atoms with van der Waals surface area (Å²) in [4.78, 5) is 4.71. The maximum Gasteiger partial charge on any atom is 0.416 e. The van der Waals surface area contributed by atoms with Crippen LogP contribution in [0.5, 0.6) is 11.5 Å².